The third-order valence-electron chi connectivity index (χ3n) is 4.55. The molecule has 0 unspecified atom stereocenters. The fourth-order valence-electron chi connectivity index (χ4n) is 3.08. The number of nitrogens with one attached hydrogen (secondary N) is 1. The molecule has 1 aliphatic rings. The number of nitriles is 2. The summed E-state index contributed by atoms with van der Waals surface area (Å²) in [4.78, 5) is 12.9. The van der Waals surface area contributed by atoms with Crippen LogP contribution in [0.1, 0.15) is 16.7 Å². The third-order valence-corrected chi connectivity index (χ3v) is 4.55. The molecule has 0 saturated carbocycles. The molecule has 2 aromatic carbocycles. The number of hydrogen-bond acceptors (Lipinski definition) is 5. The van der Waals surface area contributed by atoms with Gasteiger partial charge in [-0.2, -0.15) is 36.9 Å². The van der Waals surface area contributed by atoms with Crippen molar-refractivity contribution < 1.29 is 35.9 Å². The van der Waals surface area contributed by atoms with Gasteiger partial charge in [-0.25, -0.2) is 0 Å². The Labute approximate surface area is 177 Å². The van der Waals surface area contributed by atoms with E-state index in [1.54, 1.807) is 0 Å². The second-order valence-electron chi connectivity index (χ2n) is 6.69. The molecular formula is C20H12F6N4O2. The van der Waals surface area contributed by atoms with Crippen molar-refractivity contribution in [1.82, 2.24) is 0 Å². The highest BCUT2D eigenvalue weighted by Crippen LogP contribution is 2.39. The number of alkyl halides is 6. The summed E-state index contributed by atoms with van der Waals surface area (Å²) in [5.74, 6) is -0.948. The smallest absolute Gasteiger partial charge is 0.335 e. The quantitative estimate of drug-likeness (QED) is 0.703. The van der Waals surface area contributed by atoms with Gasteiger partial charge in [0.15, 0.2) is 6.10 Å². The van der Waals surface area contributed by atoms with E-state index in [1.807, 2.05) is 6.07 Å². The third kappa shape index (κ3) is 4.76. The summed E-state index contributed by atoms with van der Waals surface area (Å²) in [5, 5.41) is 20.0. The Kier molecular flexibility index (Phi) is 6.01. The van der Waals surface area contributed by atoms with Crippen molar-refractivity contribution >= 4 is 17.3 Å². The summed E-state index contributed by atoms with van der Waals surface area (Å²) in [6.45, 7) is -0.685. The average molecular weight is 454 g/mol. The minimum Gasteiger partial charge on any atom is -0.335 e. The van der Waals surface area contributed by atoms with Gasteiger partial charge in [-0.15, -0.1) is 0 Å². The topological polar surface area (TPSA) is 89.2 Å². The van der Waals surface area contributed by atoms with Gasteiger partial charge in [0.25, 0.3) is 5.91 Å². The Morgan fingerprint density at radius 3 is 2.22 bits per heavy atom. The van der Waals surface area contributed by atoms with Crippen molar-refractivity contribution in [2.24, 2.45) is 0 Å². The lowest BCUT2D eigenvalue weighted by Gasteiger charge is -2.27. The van der Waals surface area contributed by atoms with Crippen molar-refractivity contribution in [1.29, 1.82) is 10.5 Å². The zero-order valence-corrected chi connectivity index (χ0v) is 15.8. The number of halogens is 6. The molecule has 1 fully saturated rings. The van der Waals surface area contributed by atoms with E-state index in [4.69, 9.17) is 15.3 Å². The molecule has 2 atom stereocenters. The van der Waals surface area contributed by atoms with Gasteiger partial charge in [0.1, 0.15) is 0 Å². The molecule has 0 bridgehead atoms. The van der Waals surface area contributed by atoms with Gasteiger partial charge < -0.3 is 15.0 Å². The largest absolute Gasteiger partial charge is 0.433 e. The molecule has 1 heterocycles. The van der Waals surface area contributed by atoms with E-state index >= 15 is 0 Å². The highest BCUT2D eigenvalue weighted by molar-refractivity contribution is 5.95. The highest BCUT2D eigenvalue weighted by Gasteiger charge is 2.52. The molecule has 1 saturated heterocycles. The maximum atomic E-state index is 13.5. The summed E-state index contributed by atoms with van der Waals surface area (Å²) in [6, 6.07) is 10.8. The lowest BCUT2D eigenvalue weighted by atomic mass is 10.1. The van der Waals surface area contributed by atoms with Crippen molar-refractivity contribution in [2.45, 2.75) is 24.7 Å². The number of benzene rings is 2. The lowest BCUT2D eigenvalue weighted by Crippen LogP contribution is -2.42. The standard InChI is InChI=1S/C20H12F6N4O2/c21-19(22,23)15-7-14(6-3-12(15)9-28)30-10-16(32-18(30)20(24,25)26)17(31)29-13-4-1-11(8-27)2-5-13/h1-7,16,18H,10H2,(H,29,31)/t16-,18-/m0/s1. The molecule has 3 rings (SSSR count). The fourth-order valence-corrected chi connectivity index (χ4v) is 3.08. The van der Waals surface area contributed by atoms with E-state index in [9.17, 15) is 31.1 Å². The van der Waals surface area contributed by atoms with Crippen LogP contribution in [0.4, 0.5) is 37.7 Å². The van der Waals surface area contributed by atoms with Crippen LogP contribution in [0.25, 0.3) is 0 Å². The van der Waals surface area contributed by atoms with Crippen LogP contribution in [-0.4, -0.2) is 31.0 Å². The molecule has 0 aliphatic carbocycles. The van der Waals surface area contributed by atoms with Crippen LogP contribution >= 0.6 is 0 Å². The highest BCUT2D eigenvalue weighted by atomic mass is 19.4. The van der Waals surface area contributed by atoms with E-state index in [1.165, 1.54) is 30.3 Å². The summed E-state index contributed by atoms with van der Waals surface area (Å²) >= 11 is 0. The minimum absolute atomic E-state index is 0.192. The first kappa shape index (κ1) is 22.9. The monoisotopic (exact) mass is 454 g/mol. The van der Waals surface area contributed by atoms with Crippen molar-refractivity contribution in [2.75, 3.05) is 16.8 Å². The average Bonchev–Trinajstić information content (AvgIpc) is 3.19. The van der Waals surface area contributed by atoms with Crippen LogP contribution < -0.4 is 10.2 Å². The summed E-state index contributed by atoms with van der Waals surface area (Å²) in [5.41, 5.74) is -2.17. The van der Waals surface area contributed by atoms with Crippen molar-refractivity contribution in [3.8, 4) is 12.1 Å². The minimum atomic E-state index is -5.02. The molecule has 0 radical (unpaired) electrons. The Morgan fingerprint density at radius 2 is 1.69 bits per heavy atom. The molecule has 2 aromatic rings. The number of hydrogen-bond donors (Lipinski definition) is 1. The SMILES string of the molecule is N#Cc1ccc(NC(=O)[C@@H]2CN(c3ccc(C#N)c(C(F)(F)F)c3)[C@H](C(F)(F)F)O2)cc1. The molecule has 166 valence electrons. The van der Waals surface area contributed by atoms with Gasteiger partial charge in [0.05, 0.1) is 35.4 Å². The summed E-state index contributed by atoms with van der Waals surface area (Å²) in [7, 11) is 0. The maximum Gasteiger partial charge on any atom is 0.433 e. The van der Waals surface area contributed by atoms with Crippen LogP contribution in [0.2, 0.25) is 0 Å². The molecule has 6 nitrogen and oxygen atoms in total. The van der Waals surface area contributed by atoms with Gasteiger partial charge >= 0.3 is 12.4 Å². The Morgan fingerprint density at radius 1 is 1.03 bits per heavy atom. The number of nitrogens with zero attached hydrogens (tertiary/aromatic N) is 3. The van der Waals surface area contributed by atoms with Gasteiger partial charge in [-0.3, -0.25) is 4.79 Å². The van der Waals surface area contributed by atoms with Gasteiger partial charge in [0, 0.05) is 11.4 Å². The molecule has 1 N–H and O–H groups in total. The van der Waals surface area contributed by atoms with E-state index in [2.05, 4.69) is 5.32 Å². The van der Waals surface area contributed by atoms with Crippen LogP contribution in [0.5, 0.6) is 0 Å². The van der Waals surface area contributed by atoms with E-state index < -0.39 is 54.0 Å². The zero-order valence-electron chi connectivity index (χ0n) is 15.8. The van der Waals surface area contributed by atoms with Crippen LogP contribution in [-0.2, 0) is 15.7 Å². The number of carbonyl (C=O) groups is 1. The number of ether oxygens (including phenoxy) is 1. The molecule has 32 heavy (non-hydrogen) atoms. The van der Waals surface area contributed by atoms with Crippen molar-refractivity contribution in [3.63, 3.8) is 0 Å². The molecule has 1 amide bonds. The maximum absolute atomic E-state index is 13.5. The first-order valence-corrected chi connectivity index (χ1v) is 8.85. The Balaban J connectivity index is 1.88. The van der Waals surface area contributed by atoms with Gasteiger partial charge in [-0.05, 0) is 42.5 Å². The summed E-state index contributed by atoms with van der Waals surface area (Å²) in [6.07, 6.45) is -14.3. The first-order chi connectivity index (χ1) is 14.9. The Hall–Kier alpha value is -3.77. The molecular weight excluding hydrogens is 442 g/mol. The second kappa shape index (κ2) is 8.40. The Bertz CT molecular complexity index is 1100. The molecule has 1 aliphatic heterocycles. The van der Waals surface area contributed by atoms with E-state index in [-0.39, 0.29) is 5.69 Å². The normalized spacial score (nSPS) is 18.7. The van der Waals surface area contributed by atoms with E-state index in [0.29, 0.717) is 16.5 Å². The van der Waals surface area contributed by atoms with Crippen LogP contribution in [0.3, 0.4) is 0 Å². The lowest BCUT2D eigenvalue weighted by molar-refractivity contribution is -0.212. The number of rotatable bonds is 3. The molecule has 0 aromatic heterocycles. The van der Waals surface area contributed by atoms with Gasteiger partial charge in [0.2, 0.25) is 6.23 Å². The van der Waals surface area contributed by atoms with Gasteiger partial charge in [-0.1, -0.05) is 0 Å². The van der Waals surface area contributed by atoms with E-state index in [0.717, 1.165) is 12.1 Å². The van der Waals surface area contributed by atoms with Crippen molar-refractivity contribution in [3.05, 3.63) is 59.2 Å². The predicted octanol–water partition coefficient (Wildman–Crippen LogP) is 4.18. The number of amides is 1. The fraction of sp³-hybridized carbons (Fsp3) is 0.250. The van der Waals surface area contributed by atoms with Crippen LogP contribution in [0.15, 0.2) is 42.5 Å². The van der Waals surface area contributed by atoms with Crippen LogP contribution in [0, 0.1) is 22.7 Å². The molecule has 0 spiro atoms. The molecule has 12 heteroatoms. The zero-order chi connectivity index (χ0) is 23.7. The predicted molar refractivity (Wildman–Crippen MR) is 98.0 cm³/mol. The summed E-state index contributed by atoms with van der Waals surface area (Å²) < 4.78 is 85.1. The number of anilines is 2. The second-order valence-corrected chi connectivity index (χ2v) is 6.69. The number of carbonyl (C=O) groups excluding carboxylic acids is 1. The first-order valence-electron chi connectivity index (χ1n) is 8.85.